The molecular formula is C14H12O. The van der Waals surface area contributed by atoms with Gasteiger partial charge in [-0.3, -0.25) is 0 Å². The van der Waals surface area contributed by atoms with Gasteiger partial charge in [0.2, 0.25) is 0 Å². The number of rotatable bonds is 2. The van der Waals surface area contributed by atoms with Gasteiger partial charge in [-0.1, -0.05) is 30.3 Å². The third kappa shape index (κ3) is 1.67. The van der Waals surface area contributed by atoms with Gasteiger partial charge < -0.3 is 4.74 Å². The fourth-order valence-corrected chi connectivity index (χ4v) is 1.79. The third-order valence-electron chi connectivity index (χ3n) is 2.50. The van der Waals surface area contributed by atoms with E-state index in [1.165, 1.54) is 10.8 Å². The van der Waals surface area contributed by atoms with Crippen molar-refractivity contribution in [1.29, 1.82) is 0 Å². The van der Waals surface area contributed by atoms with Gasteiger partial charge in [0.1, 0.15) is 5.75 Å². The second kappa shape index (κ2) is 4.06. The lowest BCUT2D eigenvalue weighted by Gasteiger charge is -2.09. The molecule has 0 fully saturated rings. The molecule has 0 N–H and O–H groups in total. The summed E-state index contributed by atoms with van der Waals surface area (Å²) in [4.78, 5) is 0. The lowest BCUT2D eigenvalue weighted by atomic mass is 10.0. The molecule has 0 bridgehead atoms. The molecule has 2 aromatic carbocycles. The molecule has 2 rings (SSSR count). The van der Waals surface area contributed by atoms with Gasteiger partial charge in [-0.05, 0) is 16.8 Å². The minimum absolute atomic E-state index is 0.602. The van der Waals surface area contributed by atoms with E-state index < -0.39 is 0 Å². The first kappa shape index (κ1) is 9.61. The molecular weight excluding hydrogens is 184 g/mol. The summed E-state index contributed by atoms with van der Waals surface area (Å²) in [7, 11) is 1.67. The maximum Gasteiger partial charge on any atom is 0.123 e. The van der Waals surface area contributed by atoms with Crippen molar-refractivity contribution in [3.05, 3.63) is 42.0 Å². The Morgan fingerprint density at radius 2 is 2.00 bits per heavy atom. The first-order valence-corrected chi connectivity index (χ1v) is 4.85. The molecule has 0 aliphatic carbocycles. The Labute approximate surface area is 89.7 Å². The van der Waals surface area contributed by atoms with Crippen molar-refractivity contribution in [1.82, 2.24) is 0 Å². The van der Waals surface area contributed by atoms with Gasteiger partial charge in [0.15, 0.2) is 0 Å². The molecule has 0 saturated heterocycles. The maximum absolute atomic E-state index is 5.37. The molecule has 2 aromatic rings. The highest BCUT2D eigenvalue weighted by Gasteiger charge is 2.05. The van der Waals surface area contributed by atoms with E-state index >= 15 is 0 Å². The molecule has 0 radical (unpaired) electrons. The van der Waals surface area contributed by atoms with Crippen molar-refractivity contribution in [2.24, 2.45) is 0 Å². The second-order valence-corrected chi connectivity index (χ2v) is 3.35. The number of hydrogen-bond acceptors (Lipinski definition) is 1. The fraction of sp³-hybridized carbons (Fsp3) is 0.143. The number of fused-ring (bicyclic) bond motifs is 1. The van der Waals surface area contributed by atoms with Crippen LogP contribution in [0.1, 0.15) is 5.56 Å². The molecule has 0 aromatic heterocycles. The molecule has 0 saturated carbocycles. The first-order valence-electron chi connectivity index (χ1n) is 4.85. The van der Waals surface area contributed by atoms with Crippen LogP contribution in [0.3, 0.4) is 0 Å². The Balaban J connectivity index is 2.74. The SMILES string of the molecule is C#CCc1c(OC)ccc2ccccc12. The van der Waals surface area contributed by atoms with Crippen molar-refractivity contribution in [3.8, 4) is 18.1 Å². The van der Waals surface area contributed by atoms with Crippen molar-refractivity contribution >= 4 is 10.8 Å². The molecule has 74 valence electrons. The third-order valence-corrected chi connectivity index (χ3v) is 2.50. The fourth-order valence-electron chi connectivity index (χ4n) is 1.79. The first-order chi connectivity index (χ1) is 7.36. The Morgan fingerprint density at radius 3 is 2.73 bits per heavy atom. The summed E-state index contributed by atoms with van der Waals surface area (Å²) >= 11 is 0. The van der Waals surface area contributed by atoms with Gasteiger partial charge in [-0.2, -0.15) is 0 Å². The molecule has 1 heteroatoms. The van der Waals surface area contributed by atoms with Crippen LogP contribution in [-0.4, -0.2) is 7.11 Å². The largest absolute Gasteiger partial charge is 0.496 e. The van der Waals surface area contributed by atoms with Crippen LogP contribution in [0.4, 0.5) is 0 Å². The molecule has 0 heterocycles. The molecule has 0 aliphatic heterocycles. The Bertz CT molecular complexity index is 520. The van der Waals surface area contributed by atoms with Crippen molar-refractivity contribution in [3.63, 3.8) is 0 Å². The molecule has 15 heavy (non-hydrogen) atoms. The normalized spacial score (nSPS) is 9.87. The van der Waals surface area contributed by atoms with Crippen LogP contribution in [0.25, 0.3) is 10.8 Å². The zero-order valence-corrected chi connectivity index (χ0v) is 8.66. The molecule has 0 unspecified atom stereocenters. The minimum Gasteiger partial charge on any atom is -0.496 e. The van der Waals surface area contributed by atoms with Gasteiger partial charge in [-0.25, -0.2) is 0 Å². The highest BCUT2D eigenvalue weighted by molar-refractivity contribution is 5.88. The van der Waals surface area contributed by atoms with Gasteiger partial charge >= 0.3 is 0 Å². The van der Waals surface area contributed by atoms with E-state index in [9.17, 15) is 0 Å². The van der Waals surface area contributed by atoms with Crippen molar-refractivity contribution < 1.29 is 4.74 Å². The summed E-state index contributed by atoms with van der Waals surface area (Å²) in [5, 5.41) is 2.37. The van der Waals surface area contributed by atoms with Crippen LogP contribution in [0.5, 0.6) is 5.75 Å². The van der Waals surface area contributed by atoms with E-state index in [0.717, 1.165) is 11.3 Å². The number of methoxy groups -OCH3 is 1. The summed E-state index contributed by atoms with van der Waals surface area (Å²) in [5.41, 5.74) is 1.10. The smallest absolute Gasteiger partial charge is 0.123 e. The summed E-state index contributed by atoms with van der Waals surface area (Å²) in [6.45, 7) is 0. The minimum atomic E-state index is 0.602. The second-order valence-electron chi connectivity index (χ2n) is 3.35. The van der Waals surface area contributed by atoms with E-state index in [1.54, 1.807) is 7.11 Å². The van der Waals surface area contributed by atoms with Crippen LogP contribution >= 0.6 is 0 Å². The van der Waals surface area contributed by atoms with Gasteiger partial charge in [0.25, 0.3) is 0 Å². The lowest BCUT2D eigenvalue weighted by Crippen LogP contribution is -1.92. The predicted octanol–water partition coefficient (Wildman–Crippen LogP) is 3.02. The highest BCUT2D eigenvalue weighted by Crippen LogP contribution is 2.27. The number of benzene rings is 2. The summed E-state index contributed by atoms with van der Waals surface area (Å²) in [5.74, 6) is 3.54. The highest BCUT2D eigenvalue weighted by atomic mass is 16.5. The van der Waals surface area contributed by atoms with Gasteiger partial charge in [-0.15, -0.1) is 12.3 Å². The molecule has 0 aliphatic rings. The van der Waals surface area contributed by atoms with Crippen LogP contribution in [0, 0.1) is 12.3 Å². The van der Waals surface area contributed by atoms with Crippen molar-refractivity contribution in [2.45, 2.75) is 6.42 Å². The van der Waals surface area contributed by atoms with E-state index in [4.69, 9.17) is 11.2 Å². The summed E-state index contributed by atoms with van der Waals surface area (Å²) in [6, 6.07) is 12.2. The predicted molar refractivity (Wildman–Crippen MR) is 63.0 cm³/mol. The van der Waals surface area contributed by atoms with Crippen LogP contribution < -0.4 is 4.74 Å². The van der Waals surface area contributed by atoms with E-state index in [1.807, 2.05) is 24.3 Å². The average molecular weight is 196 g/mol. The number of hydrogen-bond donors (Lipinski definition) is 0. The van der Waals surface area contributed by atoms with Gasteiger partial charge in [0.05, 0.1) is 7.11 Å². The number of terminal acetylenes is 1. The zero-order chi connectivity index (χ0) is 10.7. The number of ether oxygens (including phenoxy) is 1. The molecule has 1 nitrogen and oxygen atoms in total. The van der Waals surface area contributed by atoms with Crippen LogP contribution in [-0.2, 0) is 6.42 Å². The Kier molecular flexibility index (Phi) is 2.60. The van der Waals surface area contributed by atoms with Crippen LogP contribution in [0.15, 0.2) is 36.4 Å². The van der Waals surface area contributed by atoms with E-state index in [-0.39, 0.29) is 0 Å². The van der Waals surface area contributed by atoms with E-state index in [2.05, 4.69) is 18.1 Å². The van der Waals surface area contributed by atoms with Crippen LogP contribution in [0.2, 0.25) is 0 Å². The summed E-state index contributed by atoms with van der Waals surface area (Å²) in [6.07, 6.45) is 5.97. The molecule has 0 amide bonds. The quantitative estimate of drug-likeness (QED) is 0.671. The standard InChI is InChI=1S/C14H12O/c1-3-6-13-12-8-5-4-7-11(12)9-10-14(13)15-2/h1,4-5,7-10H,6H2,2H3. The van der Waals surface area contributed by atoms with Crippen molar-refractivity contribution in [2.75, 3.05) is 7.11 Å². The Hall–Kier alpha value is -1.94. The van der Waals surface area contributed by atoms with Gasteiger partial charge in [0, 0.05) is 12.0 Å². The summed E-state index contributed by atoms with van der Waals surface area (Å²) < 4.78 is 5.31. The average Bonchev–Trinajstić information content (AvgIpc) is 2.30. The maximum atomic E-state index is 5.37. The topological polar surface area (TPSA) is 9.23 Å². The molecule has 0 spiro atoms. The van der Waals surface area contributed by atoms with E-state index in [0.29, 0.717) is 6.42 Å². The molecule has 0 atom stereocenters. The Morgan fingerprint density at radius 1 is 1.20 bits per heavy atom. The monoisotopic (exact) mass is 196 g/mol. The zero-order valence-electron chi connectivity index (χ0n) is 8.66. The lowest BCUT2D eigenvalue weighted by molar-refractivity contribution is 0.411.